The molecule has 0 radical (unpaired) electrons. The van der Waals surface area contributed by atoms with Crippen molar-refractivity contribution < 1.29 is 22.0 Å². The molecular weight excluding hydrogens is 127 g/mol. The molecule has 3 nitrogen and oxygen atoms in total. The van der Waals surface area contributed by atoms with E-state index in [4.69, 9.17) is 11.5 Å². The van der Waals surface area contributed by atoms with E-state index in [1.807, 2.05) is 0 Å². The van der Waals surface area contributed by atoms with Crippen LogP contribution in [0.25, 0.3) is 0 Å². The quantitative estimate of drug-likeness (QED) is 0.398. The molecule has 0 atom stereocenters. The van der Waals surface area contributed by atoms with E-state index in [1.165, 1.54) is 12.4 Å². The van der Waals surface area contributed by atoms with E-state index >= 15 is 0 Å². The Morgan fingerprint density at radius 1 is 1.00 bits per heavy atom. The fourth-order valence-corrected chi connectivity index (χ4v) is 0. The summed E-state index contributed by atoms with van der Waals surface area (Å²) < 4.78 is 0. The summed E-state index contributed by atoms with van der Waals surface area (Å²) >= 11 is 0. The average molecular weight is 135 g/mol. The maximum Gasteiger partial charge on any atom is 0.00957 e. The Bertz CT molecular complexity index is 26.7. The van der Waals surface area contributed by atoms with Crippen molar-refractivity contribution in [3.8, 4) is 0 Å². The van der Waals surface area contributed by atoms with Crippen LogP contribution in [0.15, 0.2) is 12.4 Å². The van der Waals surface area contributed by atoms with Crippen LogP contribution in [0.5, 0.6) is 0 Å². The number of hydrogen-bond acceptors (Lipinski definition) is 2. The first kappa shape index (κ1) is 17.1. The molecule has 0 heterocycles. The molecule has 0 aliphatic carbocycles. The van der Waals surface area contributed by atoms with E-state index in [9.17, 15) is 0 Å². The Morgan fingerprint density at radius 2 is 1.17 bits per heavy atom. The van der Waals surface area contributed by atoms with E-state index < -0.39 is 0 Å². The topological polar surface area (TPSA) is 83.5 Å². The molecule has 0 unspecified atom stereocenters. The van der Waals surface area contributed by atoms with Crippen molar-refractivity contribution >= 4 is 0 Å². The molecule has 0 aromatic rings. The molecule has 0 fully saturated rings. The minimum atomic E-state index is 0. The first-order valence-corrected chi connectivity index (χ1v) is 1.00. The third-order valence-electron chi connectivity index (χ3n) is 0.111. The predicted octanol–water partition coefficient (Wildman–Crippen LogP) is -1.45. The molecule has 0 saturated carbocycles. The van der Waals surface area contributed by atoms with Gasteiger partial charge in [-0.1, -0.05) is 0 Å². The molecule has 0 saturated heterocycles. The second-order valence-corrected chi connectivity index (χ2v) is 0.385. The Balaban J connectivity index is -0.0000000450. The van der Waals surface area contributed by atoms with Crippen molar-refractivity contribution in [1.29, 1.82) is 0 Å². The van der Waals surface area contributed by atoms with Crippen LogP contribution in [-0.4, -0.2) is 5.48 Å². The summed E-state index contributed by atoms with van der Waals surface area (Å²) in [6, 6.07) is 0. The zero-order valence-corrected chi connectivity index (χ0v) is 4.11. The summed E-state index contributed by atoms with van der Waals surface area (Å²) in [5, 5.41) is 0. The Hall–Kier alpha value is -0.206. The van der Waals surface area contributed by atoms with Crippen LogP contribution in [0.4, 0.5) is 0 Å². The van der Waals surface area contributed by atoms with Gasteiger partial charge in [-0.25, -0.2) is 0 Å². The summed E-state index contributed by atoms with van der Waals surface area (Å²) in [7, 11) is 0. The monoisotopic (exact) mass is 134 g/mol. The van der Waals surface area contributed by atoms with Gasteiger partial charge in [-0.2, -0.15) is 0 Å². The third kappa shape index (κ3) is 47.0. The molecule has 0 rings (SSSR count). The molecule has 0 spiro atoms. The first-order valence-electron chi connectivity index (χ1n) is 1.00. The number of hydrogen-bond donors (Lipinski definition) is 2. The van der Waals surface area contributed by atoms with Crippen LogP contribution in [-0.2, 0) is 16.5 Å². The van der Waals surface area contributed by atoms with E-state index in [1.54, 1.807) is 0 Å². The molecule has 0 amide bonds. The van der Waals surface area contributed by atoms with Gasteiger partial charge in [0.15, 0.2) is 0 Å². The standard InChI is InChI=1S/C2H6N2.Ni.H2O/c3-1-2-4;;/h1-2H,3-4H2;;1H2/b2-1+;;. The molecule has 0 bridgehead atoms. The van der Waals surface area contributed by atoms with E-state index in [-0.39, 0.29) is 22.0 Å². The Morgan fingerprint density at radius 3 is 1.17 bits per heavy atom. The van der Waals surface area contributed by atoms with Crippen LogP contribution in [0.3, 0.4) is 0 Å². The van der Waals surface area contributed by atoms with E-state index in [2.05, 4.69) is 0 Å². The zero-order valence-electron chi connectivity index (χ0n) is 3.13. The maximum absolute atomic E-state index is 4.72. The average Bonchev–Trinajstić information content (AvgIpc) is 1.37. The van der Waals surface area contributed by atoms with Gasteiger partial charge in [-0.05, 0) is 0 Å². The third-order valence-corrected chi connectivity index (χ3v) is 0.111. The molecule has 4 heteroatoms. The second-order valence-electron chi connectivity index (χ2n) is 0.385. The second kappa shape index (κ2) is 21.4. The zero-order chi connectivity index (χ0) is 3.41. The van der Waals surface area contributed by atoms with Crippen LogP contribution in [0, 0.1) is 0 Å². The van der Waals surface area contributed by atoms with Gasteiger partial charge < -0.3 is 16.9 Å². The summed E-state index contributed by atoms with van der Waals surface area (Å²) in [6.07, 6.45) is 2.56. The minimum absolute atomic E-state index is 0. The van der Waals surface area contributed by atoms with Gasteiger partial charge in [0.25, 0.3) is 0 Å². The maximum atomic E-state index is 4.72. The van der Waals surface area contributed by atoms with Crippen molar-refractivity contribution in [1.82, 2.24) is 0 Å². The Kier molecular flexibility index (Phi) is 61.0. The van der Waals surface area contributed by atoms with Gasteiger partial charge in [-0.3, -0.25) is 0 Å². The van der Waals surface area contributed by atoms with Crippen molar-refractivity contribution in [3.05, 3.63) is 12.4 Å². The molecule has 0 aromatic heterocycles. The molecule has 0 aliphatic heterocycles. The number of rotatable bonds is 0. The Labute approximate surface area is 46.6 Å². The minimum Gasteiger partial charge on any atom is -0.412 e. The SMILES string of the molecule is N/C=C/N.O.[Ni]. The van der Waals surface area contributed by atoms with Crippen molar-refractivity contribution in [2.45, 2.75) is 0 Å². The number of nitrogens with two attached hydrogens (primary N) is 2. The largest absolute Gasteiger partial charge is 0.412 e. The summed E-state index contributed by atoms with van der Waals surface area (Å²) in [5.74, 6) is 0. The van der Waals surface area contributed by atoms with Crippen LogP contribution in [0.1, 0.15) is 0 Å². The molecule has 42 valence electrons. The fraction of sp³-hybridized carbons (Fsp3) is 0. The first-order chi connectivity index (χ1) is 1.91. The van der Waals surface area contributed by atoms with Gasteiger partial charge in [0.05, 0.1) is 0 Å². The summed E-state index contributed by atoms with van der Waals surface area (Å²) in [5.41, 5.74) is 9.44. The molecule has 0 aliphatic rings. The molecule has 6 N–H and O–H groups in total. The summed E-state index contributed by atoms with van der Waals surface area (Å²) in [4.78, 5) is 0. The van der Waals surface area contributed by atoms with Crippen LogP contribution >= 0.6 is 0 Å². The normalized spacial score (nSPS) is 6.00. The predicted molar refractivity (Wildman–Crippen MR) is 21.1 cm³/mol. The van der Waals surface area contributed by atoms with Gasteiger partial charge in [0, 0.05) is 28.9 Å². The van der Waals surface area contributed by atoms with E-state index in [0.717, 1.165) is 0 Å². The van der Waals surface area contributed by atoms with Gasteiger partial charge in [-0.15, -0.1) is 0 Å². The van der Waals surface area contributed by atoms with Gasteiger partial charge in [0.2, 0.25) is 0 Å². The molecule has 6 heavy (non-hydrogen) atoms. The van der Waals surface area contributed by atoms with Gasteiger partial charge >= 0.3 is 0 Å². The van der Waals surface area contributed by atoms with Crippen molar-refractivity contribution in [2.24, 2.45) is 11.5 Å². The molecule has 0 aromatic carbocycles. The van der Waals surface area contributed by atoms with Crippen LogP contribution in [0.2, 0.25) is 0 Å². The van der Waals surface area contributed by atoms with Crippen molar-refractivity contribution in [3.63, 3.8) is 0 Å². The summed E-state index contributed by atoms with van der Waals surface area (Å²) in [6.45, 7) is 0. The van der Waals surface area contributed by atoms with Gasteiger partial charge in [0.1, 0.15) is 0 Å². The van der Waals surface area contributed by atoms with Crippen molar-refractivity contribution in [2.75, 3.05) is 0 Å². The van der Waals surface area contributed by atoms with E-state index in [0.29, 0.717) is 0 Å². The smallest absolute Gasteiger partial charge is 0.00957 e. The molecular formula is C2H8N2NiO. The van der Waals surface area contributed by atoms with Crippen LogP contribution < -0.4 is 11.5 Å². The fourth-order valence-electron chi connectivity index (χ4n) is 0.